The van der Waals surface area contributed by atoms with Crippen molar-refractivity contribution in [3.63, 3.8) is 0 Å². The summed E-state index contributed by atoms with van der Waals surface area (Å²) < 4.78 is 13.9. The number of hydrogen-bond donors (Lipinski definition) is 4. The van der Waals surface area contributed by atoms with Gasteiger partial charge in [-0.05, 0) is 66.9 Å². The van der Waals surface area contributed by atoms with E-state index in [0.717, 1.165) is 6.07 Å². The molecule has 4 N–H and O–H groups in total. The minimum absolute atomic E-state index is 0.0230. The molecule has 0 aliphatic heterocycles. The van der Waals surface area contributed by atoms with Crippen LogP contribution >= 0.6 is 24.4 Å². The monoisotopic (exact) mass is 429 g/mol. The first kappa shape index (κ1) is 21.9. The highest BCUT2D eigenvalue weighted by Crippen LogP contribution is 2.14. The molecule has 0 aromatic heterocycles. The molecule has 2 rings (SSSR count). The van der Waals surface area contributed by atoms with E-state index in [4.69, 9.17) is 29.7 Å². The Morgan fingerprint density at radius 2 is 1.55 bits per heavy atom. The smallest absolute Gasteiger partial charge is 0.260 e. The van der Waals surface area contributed by atoms with E-state index in [1.54, 1.807) is 37.3 Å². The molecule has 0 saturated carbocycles. The van der Waals surface area contributed by atoms with E-state index < -0.39 is 11.7 Å². The fraction of sp³-hybridized carbons (Fsp3) is 0.105. The molecule has 0 aliphatic rings. The molecule has 29 heavy (non-hydrogen) atoms. The van der Waals surface area contributed by atoms with Crippen LogP contribution < -0.4 is 21.3 Å². The predicted octanol–water partition coefficient (Wildman–Crippen LogP) is 3.05. The Balaban J connectivity index is 1.92. The van der Waals surface area contributed by atoms with Crippen LogP contribution in [0.4, 0.5) is 15.8 Å². The molecular weight excluding hydrogens is 413 g/mol. The first-order valence-electron chi connectivity index (χ1n) is 8.35. The Morgan fingerprint density at radius 1 is 1.00 bits per heavy atom. The highest BCUT2D eigenvalue weighted by molar-refractivity contribution is 7.80. The number of rotatable bonds is 4. The average Bonchev–Trinajstić information content (AvgIpc) is 2.68. The van der Waals surface area contributed by atoms with E-state index in [2.05, 4.69) is 21.3 Å². The molecule has 0 aliphatic carbocycles. The fourth-order valence-electron chi connectivity index (χ4n) is 2.12. The van der Waals surface area contributed by atoms with Crippen molar-refractivity contribution in [3.05, 3.63) is 59.4 Å². The molecule has 0 radical (unpaired) electrons. The Bertz CT molecular complexity index is 1000. The molecule has 10 heteroatoms. The second-order valence-electron chi connectivity index (χ2n) is 5.65. The molecule has 7 nitrogen and oxygen atoms in total. The molecule has 2 aromatic carbocycles. The third-order valence-corrected chi connectivity index (χ3v) is 3.95. The van der Waals surface area contributed by atoms with E-state index in [1.165, 1.54) is 12.1 Å². The molecule has 148 valence electrons. The van der Waals surface area contributed by atoms with E-state index in [0.29, 0.717) is 17.8 Å². The van der Waals surface area contributed by atoms with Gasteiger partial charge in [-0.1, -0.05) is 6.92 Å². The lowest BCUT2D eigenvalue weighted by molar-refractivity contribution is -0.119. The number of carbonyl (C=O) groups excluding carboxylic acids is 2. The Kier molecular flexibility index (Phi) is 7.70. The Labute approximate surface area is 177 Å². The van der Waals surface area contributed by atoms with Gasteiger partial charge in [0.1, 0.15) is 5.82 Å². The van der Waals surface area contributed by atoms with Crippen LogP contribution in [0.15, 0.2) is 42.5 Å². The summed E-state index contributed by atoms with van der Waals surface area (Å²) in [5.74, 6) is -1.74. The van der Waals surface area contributed by atoms with Gasteiger partial charge in [0.2, 0.25) is 5.91 Å². The van der Waals surface area contributed by atoms with Crippen molar-refractivity contribution in [1.29, 1.82) is 5.26 Å². The first-order chi connectivity index (χ1) is 13.8. The van der Waals surface area contributed by atoms with Crippen LogP contribution in [0.2, 0.25) is 0 Å². The first-order valence-corrected chi connectivity index (χ1v) is 9.17. The predicted molar refractivity (Wildman–Crippen MR) is 116 cm³/mol. The Hall–Kier alpha value is -3.42. The lowest BCUT2D eigenvalue weighted by Gasteiger charge is -2.12. The fourth-order valence-corrected chi connectivity index (χ4v) is 2.56. The topological polar surface area (TPSA) is 106 Å². The molecule has 0 atom stereocenters. The molecule has 0 fully saturated rings. The van der Waals surface area contributed by atoms with Gasteiger partial charge in [-0.25, -0.2) is 4.39 Å². The van der Waals surface area contributed by atoms with Gasteiger partial charge in [-0.2, -0.15) is 5.26 Å². The third-order valence-electron chi connectivity index (χ3n) is 3.54. The average molecular weight is 430 g/mol. The summed E-state index contributed by atoms with van der Waals surface area (Å²) in [6.07, 6.45) is 0.320. The van der Waals surface area contributed by atoms with Crippen LogP contribution in [-0.4, -0.2) is 22.0 Å². The van der Waals surface area contributed by atoms with Gasteiger partial charge >= 0.3 is 0 Å². The van der Waals surface area contributed by atoms with Gasteiger partial charge in [-0.3, -0.25) is 14.9 Å². The molecule has 0 spiro atoms. The number of nitrogens with one attached hydrogen (secondary N) is 4. The maximum Gasteiger partial charge on any atom is 0.260 e. The van der Waals surface area contributed by atoms with Gasteiger partial charge in [0.25, 0.3) is 5.91 Å². The molecule has 0 heterocycles. The minimum Gasteiger partial charge on any atom is -0.332 e. The summed E-state index contributed by atoms with van der Waals surface area (Å²) in [5.41, 5.74) is 1.11. The summed E-state index contributed by atoms with van der Waals surface area (Å²) in [5, 5.41) is 19.5. The zero-order chi connectivity index (χ0) is 21.4. The molecule has 0 unspecified atom stereocenters. The van der Waals surface area contributed by atoms with E-state index in [1.807, 2.05) is 0 Å². The maximum absolute atomic E-state index is 13.9. The summed E-state index contributed by atoms with van der Waals surface area (Å²) in [6.45, 7) is 1.72. The van der Waals surface area contributed by atoms with E-state index in [-0.39, 0.29) is 27.3 Å². The lowest BCUT2D eigenvalue weighted by atomic mass is 10.1. The second-order valence-corrected chi connectivity index (χ2v) is 6.46. The SMILES string of the molecule is CCC(=O)NC(=S)Nc1ccc(NC(=S)NC(=O)c2ccc(C#N)cc2F)cc1. The van der Waals surface area contributed by atoms with Crippen LogP contribution in [0.5, 0.6) is 0 Å². The molecular formula is C19H16FN5O2S2. The van der Waals surface area contributed by atoms with Gasteiger partial charge < -0.3 is 16.0 Å². The van der Waals surface area contributed by atoms with Crippen LogP contribution in [0.3, 0.4) is 0 Å². The normalized spacial score (nSPS) is 9.69. The molecule has 0 saturated heterocycles. The summed E-state index contributed by atoms with van der Waals surface area (Å²) in [4.78, 5) is 23.4. The second kappa shape index (κ2) is 10.2. The van der Waals surface area contributed by atoms with Gasteiger partial charge in [-0.15, -0.1) is 0 Å². The number of anilines is 2. The van der Waals surface area contributed by atoms with Crippen molar-refractivity contribution in [2.45, 2.75) is 13.3 Å². The number of carbonyl (C=O) groups is 2. The van der Waals surface area contributed by atoms with Gasteiger partial charge in [0.15, 0.2) is 10.2 Å². The van der Waals surface area contributed by atoms with Crippen molar-refractivity contribution in [3.8, 4) is 6.07 Å². The van der Waals surface area contributed by atoms with Crippen molar-refractivity contribution >= 4 is 57.8 Å². The largest absolute Gasteiger partial charge is 0.332 e. The standard InChI is InChI=1S/C19H16FN5O2S2/c1-2-16(26)24-18(28)22-12-4-6-13(7-5-12)23-19(29)25-17(27)14-8-3-11(10-21)9-15(14)20/h3-9H,2H2,1H3,(H2,22,24,26,28)(H2,23,25,27,29). The van der Waals surface area contributed by atoms with E-state index in [9.17, 15) is 14.0 Å². The van der Waals surface area contributed by atoms with Crippen molar-refractivity contribution in [2.75, 3.05) is 10.6 Å². The van der Waals surface area contributed by atoms with Crippen LogP contribution in [0.25, 0.3) is 0 Å². The van der Waals surface area contributed by atoms with Crippen molar-refractivity contribution < 1.29 is 14.0 Å². The van der Waals surface area contributed by atoms with Gasteiger partial charge in [0, 0.05) is 17.8 Å². The Morgan fingerprint density at radius 3 is 2.03 bits per heavy atom. The lowest BCUT2D eigenvalue weighted by Crippen LogP contribution is -2.34. The third kappa shape index (κ3) is 6.60. The number of thiocarbonyl (C=S) groups is 2. The molecule has 0 bridgehead atoms. The van der Waals surface area contributed by atoms with Crippen molar-refractivity contribution in [2.24, 2.45) is 0 Å². The van der Waals surface area contributed by atoms with E-state index >= 15 is 0 Å². The quantitative estimate of drug-likeness (QED) is 0.554. The zero-order valence-corrected chi connectivity index (χ0v) is 16.8. The summed E-state index contributed by atoms with van der Waals surface area (Å²) in [7, 11) is 0. The number of nitrogens with zero attached hydrogens (tertiary/aromatic N) is 1. The van der Waals surface area contributed by atoms with Crippen LogP contribution in [0, 0.1) is 17.1 Å². The number of nitriles is 1. The maximum atomic E-state index is 13.9. The summed E-state index contributed by atoms with van der Waals surface area (Å²) in [6, 6.07) is 12.1. The number of amides is 2. The highest BCUT2D eigenvalue weighted by Gasteiger charge is 2.14. The number of benzene rings is 2. The number of hydrogen-bond acceptors (Lipinski definition) is 5. The highest BCUT2D eigenvalue weighted by atomic mass is 32.1. The minimum atomic E-state index is -0.814. The molecule has 2 aromatic rings. The van der Waals surface area contributed by atoms with Crippen LogP contribution in [-0.2, 0) is 4.79 Å². The van der Waals surface area contributed by atoms with Gasteiger partial charge in [0.05, 0.1) is 17.2 Å². The molecule has 2 amide bonds. The zero-order valence-electron chi connectivity index (χ0n) is 15.2. The van der Waals surface area contributed by atoms with Crippen LogP contribution in [0.1, 0.15) is 29.3 Å². The van der Waals surface area contributed by atoms with Crippen molar-refractivity contribution in [1.82, 2.24) is 10.6 Å². The number of halogens is 1. The summed E-state index contributed by atoms with van der Waals surface area (Å²) >= 11 is 10.1.